The first-order valence-electron chi connectivity index (χ1n) is 9.58. The molecule has 28 heavy (non-hydrogen) atoms. The van der Waals surface area contributed by atoms with Crippen molar-refractivity contribution in [2.24, 2.45) is 5.41 Å². The summed E-state index contributed by atoms with van der Waals surface area (Å²) in [7, 11) is 0. The fraction of sp³-hybridized carbons (Fsp3) is 0.429. The third-order valence-corrected chi connectivity index (χ3v) is 6.25. The van der Waals surface area contributed by atoms with E-state index in [-0.39, 0.29) is 17.4 Å². The molecule has 2 atom stereocenters. The van der Waals surface area contributed by atoms with Crippen LogP contribution in [-0.2, 0) is 4.79 Å². The zero-order valence-corrected chi connectivity index (χ0v) is 16.6. The number of rotatable bonds is 4. The first kappa shape index (κ1) is 18.9. The maximum Gasteiger partial charge on any atom is 0.251 e. The second kappa shape index (κ2) is 7.17. The number of hydrogen-bond donors (Lipinski definition) is 2. The molecule has 2 fully saturated rings. The van der Waals surface area contributed by atoms with Gasteiger partial charge in [0.1, 0.15) is 0 Å². The standard InChI is InChI=1S/C21H23ClN4O2/c1-14-11-23-12-17(24-14)25-19(28)20-6-3-7-21(13-20,9-8-20)26-18(27)15-4-2-5-16(22)10-15/h2,4-5,10-12H,3,6-9,13H2,1H3,(H,26,27)(H,24,25,28). The van der Waals surface area contributed by atoms with Gasteiger partial charge >= 0.3 is 0 Å². The molecule has 0 saturated heterocycles. The molecular weight excluding hydrogens is 376 g/mol. The van der Waals surface area contributed by atoms with Crippen molar-refractivity contribution >= 4 is 29.2 Å². The normalized spacial score (nSPS) is 25.9. The Hall–Kier alpha value is -2.47. The molecule has 2 aliphatic rings. The van der Waals surface area contributed by atoms with Crippen molar-refractivity contribution in [3.8, 4) is 0 Å². The summed E-state index contributed by atoms with van der Waals surface area (Å²) in [5.41, 5.74) is 0.497. The minimum atomic E-state index is -0.467. The Morgan fingerprint density at radius 1 is 1.14 bits per heavy atom. The number of benzene rings is 1. The molecule has 1 heterocycles. The Labute approximate surface area is 169 Å². The van der Waals surface area contributed by atoms with E-state index >= 15 is 0 Å². The van der Waals surface area contributed by atoms with Gasteiger partial charge in [-0.15, -0.1) is 0 Å². The van der Waals surface area contributed by atoms with Gasteiger partial charge in [-0.1, -0.05) is 24.1 Å². The van der Waals surface area contributed by atoms with E-state index in [4.69, 9.17) is 11.6 Å². The number of aromatic nitrogens is 2. The van der Waals surface area contributed by atoms with Crippen molar-refractivity contribution in [2.45, 2.75) is 51.0 Å². The first-order valence-corrected chi connectivity index (χ1v) is 9.96. The highest BCUT2D eigenvalue weighted by molar-refractivity contribution is 6.30. The fourth-order valence-corrected chi connectivity index (χ4v) is 4.88. The molecule has 0 aliphatic heterocycles. The van der Waals surface area contributed by atoms with Crippen molar-refractivity contribution in [3.05, 3.63) is 52.9 Å². The van der Waals surface area contributed by atoms with Crippen LogP contribution in [0.15, 0.2) is 36.7 Å². The molecule has 146 valence electrons. The highest BCUT2D eigenvalue weighted by Gasteiger charge is 2.55. The molecule has 2 aromatic rings. The predicted molar refractivity (Wildman–Crippen MR) is 107 cm³/mol. The van der Waals surface area contributed by atoms with Crippen LogP contribution < -0.4 is 10.6 Å². The van der Waals surface area contributed by atoms with Gasteiger partial charge in [0.25, 0.3) is 5.91 Å². The fourth-order valence-electron chi connectivity index (χ4n) is 4.69. The van der Waals surface area contributed by atoms with Crippen LogP contribution in [-0.4, -0.2) is 27.3 Å². The van der Waals surface area contributed by atoms with E-state index in [9.17, 15) is 9.59 Å². The molecule has 7 heteroatoms. The van der Waals surface area contributed by atoms with Gasteiger partial charge in [0.2, 0.25) is 5.91 Å². The lowest BCUT2D eigenvalue weighted by Crippen LogP contribution is -2.50. The maximum absolute atomic E-state index is 13.1. The minimum absolute atomic E-state index is 0.0222. The number of nitrogens with one attached hydrogen (secondary N) is 2. The highest BCUT2D eigenvalue weighted by atomic mass is 35.5. The van der Waals surface area contributed by atoms with Gasteiger partial charge in [0, 0.05) is 22.3 Å². The Kier molecular flexibility index (Phi) is 4.83. The Bertz CT molecular complexity index is 934. The molecule has 2 unspecified atom stereocenters. The maximum atomic E-state index is 13.1. The molecule has 2 amide bonds. The molecule has 0 spiro atoms. The van der Waals surface area contributed by atoms with E-state index in [2.05, 4.69) is 20.6 Å². The predicted octanol–water partition coefficient (Wildman–Crippen LogP) is 3.90. The molecule has 2 bridgehead atoms. The van der Waals surface area contributed by atoms with Crippen molar-refractivity contribution in [2.75, 3.05) is 5.32 Å². The van der Waals surface area contributed by atoms with Crippen molar-refractivity contribution in [3.63, 3.8) is 0 Å². The van der Waals surface area contributed by atoms with Crippen LogP contribution in [0.2, 0.25) is 5.02 Å². The number of amides is 2. The van der Waals surface area contributed by atoms with Crippen LogP contribution >= 0.6 is 11.6 Å². The van der Waals surface area contributed by atoms with Crippen LogP contribution in [0.25, 0.3) is 0 Å². The van der Waals surface area contributed by atoms with E-state index in [0.29, 0.717) is 22.8 Å². The van der Waals surface area contributed by atoms with Gasteiger partial charge < -0.3 is 10.6 Å². The molecule has 1 aromatic heterocycles. The molecule has 2 aliphatic carbocycles. The number of nitrogens with zero attached hydrogens (tertiary/aromatic N) is 2. The second-order valence-electron chi connectivity index (χ2n) is 8.06. The van der Waals surface area contributed by atoms with E-state index in [1.165, 1.54) is 0 Å². The summed E-state index contributed by atoms with van der Waals surface area (Å²) in [5.74, 6) is 0.321. The largest absolute Gasteiger partial charge is 0.347 e. The molecule has 2 N–H and O–H groups in total. The number of anilines is 1. The van der Waals surface area contributed by atoms with Gasteiger partial charge in [-0.25, -0.2) is 4.98 Å². The van der Waals surface area contributed by atoms with Gasteiger partial charge in [0.05, 0.1) is 17.3 Å². The van der Waals surface area contributed by atoms with Crippen molar-refractivity contribution < 1.29 is 9.59 Å². The summed E-state index contributed by atoms with van der Waals surface area (Å²) in [6.45, 7) is 1.84. The van der Waals surface area contributed by atoms with Crippen LogP contribution in [0.1, 0.15) is 54.6 Å². The SMILES string of the molecule is Cc1cncc(NC(=O)C23CCCC(NC(=O)c4cccc(Cl)c4)(CC2)C3)n1. The zero-order chi connectivity index (χ0) is 19.8. The summed E-state index contributed by atoms with van der Waals surface area (Å²) >= 11 is 6.02. The first-order chi connectivity index (χ1) is 13.4. The average Bonchev–Trinajstić information content (AvgIpc) is 2.93. The minimum Gasteiger partial charge on any atom is -0.347 e. The summed E-state index contributed by atoms with van der Waals surface area (Å²) in [4.78, 5) is 34.3. The lowest BCUT2D eigenvalue weighted by atomic mass is 9.72. The Balaban J connectivity index is 1.49. The summed E-state index contributed by atoms with van der Waals surface area (Å²) < 4.78 is 0. The van der Waals surface area contributed by atoms with Crippen LogP contribution in [0, 0.1) is 12.3 Å². The van der Waals surface area contributed by atoms with E-state index in [1.807, 2.05) is 6.92 Å². The number of carbonyl (C=O) groups excluding carboxylic acids is 2. The monoisotopic (exact) mass is 398 g/mol. The lowest BCUT2D eigenvalue weighted by Gasteiger charge is -2.39. The Morgan fingerprint density at radius 3 is 2.79 bits per heavy atom. The van der Waals surface area contributed by atoms with Crippen molar-refractivity contribution in [1.29, 1.82) is 0 Å². The van der Waals surface area contributed by atoms with Crippen LogP contribution in [0.5, 0.6) is 0 Å². The van der Waals surface area contributed by atoms with E-state index in [0.717, 1.165) is 37.8 Å². The number of carbonyl (C=O) groups is 2. The molecule has 2 saturated carbocycles. The topological polar surface area (TPSA) is 84.0 Å². The van der Waals surface area contributed by atoms with E-state index in [1.54, 1.807) is 36.7 Å². The second-order valence-corrected chi connectivity index (χ2v) is 8.49. The molecule has 6 nitrogen and oxygen atoms in total. The average molecular weight is 399 g/mol. The molecule has 0 radical (unpaired) electrons. The Morgan fingerprint density at radius 2 is 2.00 bits per heavy atom. The number of halogens is 1. The molecule has 4 rings (SSSR count). The molecule has 1 aromatic carbocycles. The van der Waals surface area contributed by atoms with Crippen LogP contribution in [0.4, 0.5) is 5.82 Å². The zero-order valence-electron chi connectivity index (χ0n) is 15.8. The van der Waals surface area contributed by atoms with E-state index < -0.39 is 5.41 Å². The van der Waals surface area contributed by atoms with Gasteiger partial charge in [-0.05, 0) is 57.2 Å². The van der Waals surface area contributed by atoms with Crippen molar-refractivity contribution in [1.82, 2.24) is 15.3 Å². The smallest absolute Gasteiger partial charge is 0.251 e. The summed E-state index contributed by atoms with van der Waals surface area (Å²) in [6, 6.07) is 6.94. The lowest BCUT2D eigenvalue weighted by molar-refractivity contribution is -0.126. The number of aryl methyl sites for hydroxylation is 1. The van der Waals surface area contributed by atoms with Gasteiger partial charge in [-0.2, -0.15) is 0 Å². The van der Waals surface area contributed by atoms with Gasteiger partial charge in [0.15, 0.2) is 5.82 Å². The number of fused-ring (bicyclic) bond motifs is 2. The molecular formula is C21H23ClN4O2. The summed E-state index contributed by atoms with van der Waals surface area (Å²) in [6.07, 6.45) is 8.04. The highest BCUT2D eigenvalue weighted by Crippen LogP contribution is 2.54. The third-order valence-electron chi connectivity index (χ3n) is 6.01. The van der Waals surface area contributed by atoms with Gasteiger partial charge in [-0.3, -0.25) is 14.6 Å². The third kappa shape index (κ3) is 3.61. The summed E-state index contributed by atoms with van der Waals surface area (Å²) in [5, 5.41) is 6.69. The quantitative estimate of drug-likeness (QED) is 0.818. The van der Waals surface area contributed by atoms with Crippen LogP contribution in [0.3, 0.4) is 0 Å². The number of hydrogen-bond acceptors (Lipinski definition) is 4.